The van der Waals surface area contributed by atoms with Gasteiger partial charge < -0.3 is 4.90 Å². The van der Waals surface area contributed by atoms with Crippen molar-refractivity contribution in [2.24, 2.45) is 0 Å². The van der Waals surface area contributed by atoms with E-state index in [2.05, 4.69) is 102 Å². The Morgan fingerprint density at radius 1 is 0.788 bits per heavy atom. The van der Waals surface area contributed by atoms with Crippen molar-refractivity contribution in [2.45, 2.75) is 13.0 Å². The van der Waals surface area contributed by atoms with Crippen LogP contribution in [0.3, 0.4) is 0 Å². The van der Waals surface area contributed by atoms with Crippen LogP contribution in [0.15, 0.2) is 89.7 Å². The second-order valence-electron chi connectivity index (χ2n) is 8.30. The van der Waals surface area contributed by atoms with Crippen molar-refractivity contribution in [1.82, 2.24) is 19.9 Å². The molecule has 6 heteroatoms. The van der Waals surface area contributed by atoms with Crippen molar-refractivity contribution >= 4 is 21.7 Å². The van der Waals surface area contributed by atoms with Crippen LogP contribution in [0, 0.1) is 6.92 Å². The molecule has 33 heavy (non-hydrogen) atoms. The van der Waals surface area contributed by atoms with Gasteiger partial charge in [-0.15, -0.1) is 0 Å². The Morgan fingerprint density at radius 3 is 2.03 bits per heavy atom. The van der Waals surface area contributed by atoms with Crippen molar-refractivity contribution in [3.8, 4) is 11.3 Å². The number of halogens is 1. The lowest BCUT2D eigenvalue weighted by molar-refractivity contribution is 0.212. The number of aromatic nitrogens is 3. The van der Waals surface area contributed by atoms with Gasteiger partial charge in [0.05, 0.1) is 11.7 Å². The maximum atomic E-state index is 4.76. The standard InChI is InChI=1S/C27H26BrN5/c1-20-30-25(23-16-24(28)19-29-18-23)17-26(31-20)32-12-14-33(15-13-32)27(21-8-4-2-5-9-21)22-10-6-3-7-11-22/h2-11,16-19,27H,12-15H2,1H3. The third kappa shape index (κ3) is 4.97. The predicted molar refractivity (Wildman–Crippen MR) is 136 cm³/mol. The summed E-state index contributed by atoms with van der Waals surface area (Å²) in [5.41, 5.74) is 4.56. The molecule has 1 aliphatic heterocycles. The van der Waals surface area contributed by atoms with E-state index in [-0.39, 0.29) is 6.04 Å². The van der Waals surface area contributed by atoms with E-state index in [1.165, 1.54) is 11.1 Å². The molecule has 4 aromatic rings. The lowest BCUT2D eigenvalue weighted by atomic mass is 9.96. The fourth-order valence-corrected chi connectivity index (χ4v) is 4.87. The molecule has 5 rings (SSSR count). The molecule has 3 heterocycles. The molecule has 0 saturated carbocycles. The van der Waals surface area contributed by atoms with Crippen LogP contribution in [-0.2, 0) is 0 Å². The van der Waals surface area contributed by atoms with E-state index >= 15 is 0 Å². The Labute approximate surface area is 203 Å². The average molecular weight is 500 g/mol. The first-order valence-corrected chi connectivity index (χ1v) is 12.0. The molecule has 166 valence electrons. The molecule has 1 fully saturated rings. The van der Waals surface area contributed by atoms with Gasteiger partial charge in [-0.2, -0.15) is 0 Å². The highest BCUT2D eigenvalue weighted by atomic mass is 79.9. The molecule has 0 aliphatic carbocycles. The monoisotopic (exact) mass is 499 g/mol. The van der Waals surface area contributed by atoms with Crippen LogP contribution < -0.4 is 4.90 Å². The third-order valence-electron chi connectivity index (χ3n) is 6.06. The van der Waals surface area contributed by atoms with Crippen LogP contribution in [0.4, 0.5) is 5.82 Å². The molecule has 0 atom stereocenters. The molecule has 0 amide bonds. The summed E-state index contributed by atoms with van der Waals surface area (Å²) in [5, 5.41) is 0. The number of piperazine rings is 1. The summed E-state index contributed by atoms with van der Waals surface area (Å²) < 4.78 is 0.944. The lowest BCUT2D eigenvalue weighted by Gasteiger charge is -2.40. The van der Waals surface area contributed by atoms with Crippen LogP contribution >= 0.6 is 15.9 Å². The third-order valence-corrected chi connectivity index (χ3v) is 6.49. The van der Waals surface area contributed by atoms with Crippen LogP contribution in [-0.4, -0.2) is 46.0 Å². The Kier molecular flexibility index (Phi) is 6.46. The number of rotatable bonds is 5. The maximum Gasteiger partial charge on any atom is 0.132 e. The molecule has 0 spiro atoms. The van der Waals surface area contributed by atoms with Crippen molar-refractivity contribution < 1.29 is 0 Å². The smallest absolute Gasteiger partial charge is 0.132 e. The van der Waals surface area contributed by atoms with Crippen molar-refractivity contribution in [3.63, 3.8) is 0 Å². The predicted octanol–water partition coefficient (Wildman–Crippen LogP) is 5.52. The molecule has 0 N–H and O–H groups in total. The molecule has 1 aliphatic rings. The molecule has 0 radical (unpaired) electrons. The summed E-state index contributed by atoms with van der Waals surface area (Å²) in [7, 11) is 0. The van der Waals surface area contributed by atoms with Gasteiger partial charge >= 0.3 is 0 Å². The first kappa shape index (κ1) is 21.7. The number of benzene rings is 2. The van der Waals surface area contributed by atoms with Crippen molar-refractivity contribution in [1.29, 1.82) is 0 Å². The minimum atomic E-state index is 0.255. The summed E-state index contributed by atoms with van der Waals surface area (Å²) in [6.45, 7) is 5.72. The number of anilines is 1. The molecule has 0 unspecified atom stereocenters. The van der Waals surface area contributed by atoms with E-state index in [4.69, 9.17) is 4.98 Å². The van der Waals surface area contributed by atoms with Crippen LogP contribution in [0.5, 0.6) is 0 Å². The van der Waals surface area contributed by atoms with E-state index in [1.807, 2.05) is 19.2 Å². The minimum Gasteiger partial charge on any atom is -0.354 e. The number of pyridine rings is 1. The quantitative estimate of drug-likeness (QED) is 0.361. The fraction of sp³-hybridized carbons (Fsp3) is 0.222. The SMILES string of the molecule is Cc1nc(-c2cncc(Br)c2)cc(N2CCN(C(c3ccccc3)c3ccccc3)CC2)n1. The zero-order valence-electron chi connectivity index (χ0n) is 18.6. The number of nitrogens with zero attached hydrogens (tertiary/aromatic N) is 5. The zero-order chi connectivity index (χ0) is 22.6. The highest BCUT2D eigenvalue weighted by molar-refractivity contribution is 9.10. The van der Waals surface area contributed by atoms with Gasteiger partial charge in [-0.25, -0.2) is 9.97 Å². The Balaban J connectivity index is 1.37. The Morgan fingerprint density at radius 2 is 1.42 bits per heavy atom. The first-order valence-electron chi connectivity index (χ1n) is 11.2. The summed E-state index contributed by atoms with van der Waals surface area (Å²) in [4.78, 5) is 18.6. The van der Waals surface area contributed by atoms with Gasteiger partial charge in [0, 0.05) is 54.7 Å². The van der Waals surface area contributed by atoms with Gasteiger partial charge in [-0.05, 0) is 40.0 Å². The summed E-state index contributed by atoms with van der Waals surface area (Å²) in [6, 6.07) is 26.0. The van der Waals surface area contributed by atoms with E-state index in [9.17, 15) is 0 Å². The van der Waals surface area contributed by atoms with E-state index in [0.717, 1.165) is 53.6 Å². The van der Waals surface area contributed by atoms with Crippen molar-refractivity contribution in [2.75, 3.05) is 31.1 Å². The Bertz CT molecular complexity index is 1170. The van der Waals surface area contributed by atoms with Crippen LogP contribution in [0.2, 0.25) is 0 Å². The van der Waals surface area contributed by atoms with Gasteiger partial charge in [-0.1, -0.05) is 60.7 Å². The second-order valence-corrected chi connectivity index (χ2v) is 9.21. The van der Waals surface area contributed by atoms with Gasteiger partial charge in [0.15, 0.2) is 0 Å². The first-order chi connectivity index (χ1) is 16.2. The van der Waals surface area contributed by atoms with E-state index < -0.39 is 0 Å². The molecular formula is C27H26BrN5. The van der Waals surface area contributed by atoms with Gasteiger partial charge in [-0.3, -0.25) is 9.88 Å². The number of hydrogen-bond acceptors (Lipinski definition) is 5. The largest absolute Gasteiger partial charge is 0.354 e. The van der Waals surface area contributed by atoms with E-state index in [0.29, 0.717) is 0 Å². The van der Waals surface area contributed by atoms with Crippen LogP contribution in [0.1, 0.15) is 23.0 Å². The fourth-order valence-electron chi connectivity index (χ4n) is 4.51. The number of aryl methyl sites for hydroxylation is 1. The summed E-state index contributed by atoms with van der Waals surface area (Å²) in [5.74, 6) is 1.75. The van der Waals surface area contributed by atoms with Crippen LogP contribution in [0.25, 0.3) is 11.3 Å². The highest BCUT2D eigenvalue weighted by Gasteiger charge is 2.27. The topological polar surface area (TPSA) is 45.2 Å². The molecule has 1 saturated heterocycles. The zero-order valence-corrected chi connectivity index (χ0v) is 20.2. The Hall–Kier alpha value is -3.09. The van der Waals surface area contributed by atoms with Gasteiger partial charge in [0.1, 0.15) is 11.6 Å². The van der Waals surface area contributed by atoms with E-state index in [1.54, 1.807) is 6.20 Å². The molecule has 2 aromatic heterocycles. The maximum absolute atomic E-state index is 4.76. The molecular weight excluding hydrogens is 474 g/mol. The molecule has 5 nitrogen and oxygen atoms in total. The minimum absolute atomic E-state index is 0.255. The second kappa shape index (κ2) is 9.81. The summed E-state index contributed by atoms with van der Waals surface area (Å²) >= 11 is 3.51. The number of hydrogen-bond donors (Lipinski definition) is 0. The molecule has 2 aromatic carbocycles. The summed E-state index contributed by atoms with van der Waals surface area (Å²) in [6.07, 6.45) is 3.63. The lowest BCUT2D eigenvalue weighted by Crippen LogP contribution is -2.48. The van der Waals surface area contributed by atoms with Gasteiger partial charge in [0.2, 0.25) is 0 Å². The normalized spacial score (nSPS) is 14.6. The average Bonchev–Trinajstić information content (AvgIpc) is 2.86. The van der Waals surface area contributed by atoms with Gasteiger partial charge in [0.25, 0.3) is 0 Å². The highest BCUT2D eigenvalue weighted by Crippen LogP contribution is 2.31. The van der Waals surface area contributed by atoms with Crippen molar-refractivity contribution in [3.05, 3.63) is 107 Å². The molecule has 0 bridgehead atoms.